The Balaban J connectivity index is 1.74. The molecule has 2 aromatic carbocycles. The van der Waals surface area contributed by atoms with E-state index in [1.807, 2.05) is 6.07 Å². The van der Waals surface area contributed by atoms with Gasteiger partial charge in [-0.25, -0.2) is 8.42 Å². The van der Waals surface area contributed by atoms with E-state index in [1.54, 1.807) is 36.4 Å². The summed E-state index contributed by atoms with van der Waals surface area (Å²) in [4.78, 5) is 2.38. The van der Waals surface area contributed by atoms with Crippen LogP contribution in [-0.2, 0) is 9.84 Å². The van der Waals surface area contributed by atoms with Crippen molar-refractivity contribution in [1.29, 1.82) is 5.26 Å². The zero-order valence-electron chi connectivity index (χ0n) is 14.6. The van der Waals surface area contributed by atoms with Gasteiger partial charge < -0.3 is 15.4 Å². The zero-order valence-corrected chi connectivity index (χ0v) is 15.4. The van der Waals surface area contributed by atoms with Crippen LogP contribution in [0.25, 0.3) is 0 Å². The second kappa shape index (κ2) is 7.26. The van der Waals surface area contributed by atoms with Gasteiger partial charge in [0.05, 0.1) is 40.3 Å². The molecular weight excluding hydrogens is 350 g/mol. The van der Waals surface area contributed by atoms with Crippen molar-refractivity contribution in [3.8, 4) is 11.8 Å². The molecule has 0 unspecified atom stereocenters. The molecule has 7 heteroatoms. The van der Waals surface area contributed by atoms with E-state index in [9.17, 15) is 8.42 Å². The fraction of sp³-hybridized carbons (Fsp3) is 0.316. The number of benzene rings is 2. The second-order valence-corrected chi connectivity index (χ2v) is 8.52. The van der Waals surface area contributed by atoms with Crippen molar-refractivity contribution < 1.29 is 13.2 Å². The van der Waals surface area contributed by atoms with E-state index in [2.05, 4.69) is 11.0 Å². The molecule has 0 saturated carbocycles. The fourth-order valence-electron chi connectivity index (χ4n) is 3.29. The molecule has 136 valence electrons. The van der Waals surface area contributed by atoms with Gasteiger partial charge in [-0.2, -0.15) is 5.26 Å². The average Bonchev–Trinajstić information content (AvgIpc) is 2.68. The molecule has 1 fully saturated rings. The highest BCUT2D eigenvalue weighted by Crippen LogP contribution is 2.31. The maximum Gasteiger partial charge on any atom is 0.181 e. The molecule has 1 aliphatic rings. The van der Waals surface area contributed by atoms with Gasteiger partial charge in [-0.05, 0) is 49.2 Å². The molecule has 0 aliphatic carbocycles. The van der Waals surface area contributed by atoms with Gasteiger partial charge in [0, 0.05) is 13.1 Å². The van der Waals surface area contributed by atoms with Crippen LogP contribution in [-0.4, -0.2) is 33.9 Å². The molecule has 3 rings (SSSR count). The smallest absolute Gasteiger partial charge is 0.181 e. The number of hydrogen-bond donors (Lipinski definition) is 1. The molecule has 2 aromatic rings. The zero-order chi connectivity index (χ0) is 18.7. The van der Waals surface area contributed by atoms with Gasteiger partial charge in [-0.3, -0.25) is 0 Å². The molecule has 1 saturated heterocycles. The minimum Gasteiger partial charge on any atom is -0.497 e. The van der Waals surface area contributed by atoms with Crippen LogP contribution in [0.1, 0.15) is 18.4 Å². The fourth-order valence-corrected chi connectivity index (χ4v) is 5.05. The Kier molecular flexibility index (Phi) is 5.05. The van der Waals surface area contributed by atoms with Crippen LogP contribution in [0.2, 0.25) is 0 Å². The topological polar surface area (TPSA) is 96.4 Å². The molecule has 0 atom stereocenters. The molecule has 0 amide bonds. The summed E-state index contributed by atoms with van der Waals surface area (Å²) >= 11 is 0. The van der Waals surface area contributed by atoms with Crippen molar-refractivity contribution in [1.82, 2.24) is 0 Å². The number of nitrogens with two attached hydrogens (primary N) is 1. The predicted molar refractivity (Wildman–Crippen MR) is 101 cm³/mol. The van der Waals surface area contributed by atoms with E-state index >= 15 is 0 Å². The van der Waals surface area contributed by atoms with Gasteiger partial charge in [0.15, 0.2) is 9.84 Å². The summed E-state index contributed by atoms with van der Waals surface area (Å²) in [5.74, 6) is 0.536. The normalized spacial score (nSPS) is 15.5. The first-order valence-electron chi connectivity index (χ1n) is 8.38. The molecule has 1 aliphatic heterocycles. The van der Waals surface area contributed by atoms with Crippen LogP contribution in [0.5, 0.6) is 5.75 Å². The molecule has 0 spiro atoms. The largest absolute Gasteiger partial charge is 0.497 e. The number of rotatable bonds is 4. The SMILES string of the molecule is COc1cccc(S(=O)(=O)C2CCN(c3ccc(C#N)cc3N)CC2)c1. The lowest BCUT2D eigenvalue weighted by molar-refractivity contribution is 0.413. The highest BCUT2D eigenvalue weighted by Gasteiger charge is 2.32. The van der Waals surface area contributed by atoms with Crippen molar-refractivity contribution in [2.24, 2.45) is 0 Å². The minimum absolute atomic E-state index is 0.299. The number of anilines is 2. The van der Waals surface area contributed by atoms with E-state index in [0.29, 0.717) is 47.8 Å². The van der Waals surface area contributed by atoms with Gasteiger partial charge in [0.25, 0.3) is 0 Å². The number of ether oxygens (including phenoxy) is 1. The van der Waals surface area contributed by atoms with Crippen molar-refractivity contribution in [3.05, 3.63) is 48.0 Å². The first-order valence-corrected chi connectivity index (χ1v) is 9.93. The maximum atomic E-state index is 12.9. The molecule has 1 heterocycles. The van der Waals surface area contributed by atoms with E-state index in [1.165, 1.54) is 7.11 Å². The quantitative estimate of drug-likeness (QED) is 0.830. The number of nitriles is 1. The molecule has 6 nitrogen and oxygen atoms in total. The number of piperidine rings is 1. The third-order valence-electron chi connectivity index (χ3n) is 4.75. The second-order valence-electron chi connectivity index (χ2n) is 6.30. The Morgan fingerprint density at radius 1 is 1.19 bits per heavy atom. The molecule has 0 bridgehead atoms. The van der Waals surface area contributed by atoms with Crippen LogP contribution >= 0.6 is 0 Å². The highest BCUT2D eigenvalue weighted by molar-refractivity contribution is 7.92. The Morgan fingerprint density at radius 2 is 1.92 bits per heavy atom. The minimum atomic E-state index is -3.40. The lowest BCUT2D eigenvalue weighted by Crippen LogP contribution is -2.39. The number of sulfone groups is 1. The van der Waals surface area contributed by atoms with Crippen molar-refractivity contribution in [3.63, 3.8) is 0 Å². The monoisotopic (exact) mass is 371 g/mol. The van der Waals surface area contributed by atoms with E-state index < -0.39 is 15.1 Å². The highest BCUT2D eigenvalue weighted by atomic mass is 32.2. The number of nitrogen functional groups attached to an aromatic ring is 1. The van der Waals surface area contributed by atoms with Crippen LogP contribution < -0.4 is 15.4 Å². The Bertz CT molecular complexity index is 943. The van der Waals surface area contributed by atoms with Gasteiger partial charge >= 0.3 is 0 Å². The van der Waals surface area contributed by atoms with Gasteiger partial charge in [-0.1, -0.05) is 6.07 Å². The molecule has 26 heavy (non-hydrogen) atoms. The number of nitrogens with zero attached hydrogens (tertiary/aromatic N) is 2. The average molecular weight is 371 g/mol. The van der Waals surface area contributed by atoms with Crippen molar-refractivity contribution in [2.75, 3.05) is 30.8 Å². The summed E-state index contributed by atoms with van der Waals surface area (Å²) in [6.45, 7) is 1.20. The first kappa shape index (κ1) is 18.1. The Labute approximate surface area is 153 Å². The van der Waals surface area contributed by atoms with Crippen LogP contribution in [0.15, 0.2) is 47.4 Å². The summed E-state index contributed by atoms with van der Waals surface area (Å²) in [6, 6.07) is 13.9. The van der Waals surface area contributed by atoms with Crippen LogP contribution in [0.3, 0.4) is 0 Å². The molecule has 0 aromatic heterocycles. The van der Waals surface area contributed by atoms with Crippen LogP contribution in [0, 0.1) is 11.3 Å². The van der Waals surface area contributed by atoms with Crippen LogP contribution in [0.4, 0.5) is 11.4 Å². The molecule has 2 N–H and O–H groups in total. The van der Waals surface area contributed by atoms with Gasteiger partial charge in [0.1, 0.15) is 5.75 Å². The van der Waals surface area contributed by atoms with Gasteiger partial charge in [0.2, 0.25) is 0 Å². The summed E-state index contributed by atoms with van der Waals surface area (Å²) < 4.78 is 31.0. The third kappa shape index (κ3) is 3.46. The Morgan fingerprint density at radius 3 is 2.54 bits per heavy atom. The van der Waals surface area contributed by atoms with E-state index in [-0.39, 0.29) is 0 Å². The van der Waals surface area contributed by atoms with E-state index in [4.69, 9.17) is 15.7 Å². The molecule has 0 radical (unpaired) electrons. The van der Waals surface area contributed by atoms with Crippen molar-refractivity contribution in [2.45, 2.75) is 23.0 Å². The third-order valence-corrected chi connectivity index (χ3v) is 7.01. The summed E-state index contributed by atoms with van der Waals surface area (Å²) in [5.41, 5.74) is 7.95. The summed E-state index contributed by atoms with van der Waals surface area (Å²) in [6.07, 6.45) is 1.05. The number of hydrogen-bond acceptors (Lipinski definition) is 6. The standard InChI is InChI=1S/C19H21N3O3S/c1-25-15-3-2-4-17(12-15)26(23,24)16-7-9-22(10-8-16)19-6-5-14(13-20)11-18(19)21/h2-6,11-12,16H,7-10,21H2,1H3. The first-order chi connectivity index (χ1) is 12.5. The lowest BCUT2D eigenvalue weighted by atomic mass is 10.1. The Hall–Kier alpha value is -2.72. The molecular formula is C19H21N3O3S. The summed E-state index contributed by atoms with van der Waals surface area (Å²) in [5, 5.41) is 8.51. The predicted octanol–water partition coefficient (Wildman–Crippen LogP) is 2.59. The number of methoxy groups -OCH3 is 1. The lowest BCUT2D eigenvalue weighted by Gasteiger charge is -2.34. The summed E-state index contributed by atoms with van der Waals surface area (Å²) in [7, 11) is -1.88. The van der Waals surface area contributed by atoms with Crippen molar-refractivity contribution >= 4 is 21.2 Å². The maximum absolute atomic E-state index is 12.9. The van der Waals surface area contributed by atoms with E-state index in [0.717, 1.165) is 5.69 Å². The van der Waals surface area contributed by atoms with Gasteiger partial charge in [-0.15, -0.1) is 0 Å².